The van der Waals surface area contributed by atoms with Gasteiger partial charge in [-0.2, -0.15) is 13.2 Å². The van der Waals surface area contributed by atoms with Gasteiger partial charge in [0, 0.05) is 35.6 Å². The quantitative estimate of drug-likeness (QED) is 0.575. The molecule has 0 aliphatic heterocycles. The molecule has 28 heavy (non-hydrogen) atoms. The van der Waals surface area contributed by atoms with E-state index in [2.05, 4.69) is 10.3 Å². The normalized spacial score (nSPS) is 11.8. The summed E-state index contributed by atoms with van der Waals surface area (Å²) in [5.41, 5.74) is 0.876. The van der Waals surface area contributed by atoms with Crippen molar-refractivity contribution in [1.82, 2.24) is 9.88 Å². The van der Waals surface area contributed by atoms with Crippen LogP contribution in [0, 0.1) is 0 Å². The monoisotopic (exact) mass is 409 g/mol. The van der Waals surface area contributed by atoms with Crippen molar-refractivity contribution < 1.29 is 17.9 Å². The topological polar surface area (TPSA) is 37.4 Å². The van der Waals surface area contributed by atoms with E-state index < -0.39 is 11.7 Å². The van der Waals surface area contributed by atoms with Gasteiger partial charge in [-0.1, -0.05) is 17.7 Å². The van der Waals surface area contributed by atoms with E-state index in [1.807, 2.05) is 19.0 Å². The van der Waals surface area contributed by atoms with Crippen LogP contribution < -0.4 is 10.1 Å². The van der Waals surface area contributed by atoms with Gasteiger partial charge in [0.15, 0.2) is 0 Å². The average molecular weight is 410 g/mol. The van der Waals surface area contributed by atoms with E-state index in [-0.39, 0.29) is 5.52 Å². The highest BCUT2D eigenvalue weighted by atomic mass is 35.5. The number of nitrogens with one attached hydrogen (secondary N) is 1. The smallest absolute Gasteiger partial charge is 0.416 e. The Hall–Kier alpha value is -2.51. The number of alkyl halides is 3. The van der Waals surface area contributed by atoms with Crippen molar-refractivity contribution in [3.05, 3.63) is 59.2 Å². The number of benzene rings is 2. The number of hydrogen-bond acceptors (Lipinski definition) is 4. The molecule has 4 nitrogen and oxygen atoms in total. The molecule has 0 spiro atoms. The molecule has 0 amide bonds. The summed E-state index contributed by atoms with van der Waals surface area (Å²) in [4.78, 5) is 6.05. The standard InChI is InChI=1S/C20H19ClF3N3O/c1-27(2)9-10-28-19-12-14(4-6-16(19)21)26-17-7-8-25-18-11-13(20(22,23)24)3-5-15(17)18/h3-8,11-12H,9-10H2,1-2H3,(H,25,26). The Morgan fingerprint density at radius 1 is 1.11 bits per heavy atom. The van der Waals surface area contributed by atoms with Crippen LogP contribution in [0.5, 0.6) is 5.75 Å². The molecule has 0 bridgehead atoms. The molecule has 0 radical (unpaired) electrons. The molecule has 148 valence electrons. The van der Waals surface area contributed by atoms with E-state index in [1.54, 1.807) is 24.3 Å². The number of halogens is 4. The van der Waals surface area contributed by atoms with Gasteiger partial charge < -0.3 is 15.0 Å². The number of ether oxygens (including phenoxy) is 1. The zero-order valence-corrected chi connectivity index (χ0v) is 16.1. The molecule has 3 rings (SSSR count). The predicted molar refractivity (Wildman–Crippen MR) is 106 cm³/mol. The first-order chi connectivity index (χ1) is 13.2. The lowest BCUT2D eigenvalue weighted by molar-refractivity contribution is -0.137. The minimum Gasteiger partial charge on any atom is -0.491 e. The van der Waals surface area contributed by atoms with Crippen LogP contribution in [0.4, 0.5) is 24.5 Å². The number of pyridine rings is 1. The summed E-state index contributed by atoms with van der Waals surface area (Å²) >= 11 is 6.19. The second-order valence-electron chi connectivity index (χ2n) is 6.51. The Kier molecular flexibility index (Phi) is 5.96. The predicted octanol–water partition coefficient (Wildman–Crippen LogP) is 5.59. The molecular weight excluding hydrogens is 391 g/mol. The largest absolute Gasteiger partial charge is 0.491 e. The Morgan fingerprint density at radius 2 is 1.89 bits per heavy atom. The molecule has 0 aliphatic carbocycles. The highest BCUT2D eigenvalue weighted by Crippen LogP contribution is 2.34. The molecule has 0 atom stereocenters. The molecule has 0 aliphatic rings. The zero-order valence-electron chi connectivity index (χ0n) is 15.3. The van der Waals surface area contributed by atoms with Gasteiger partial charge in [-0.25, -0.2) is 0 Å². The summed E-state index contributed by atoms with van der Waals surface area (Å²) in [6, 6.07) is 10.4. The third-order valence-electron chi connectivity index (χ3n) is 4.08. The lowest BCUT2D eigenvalue weighted by atomic mass is 10.1. The van der Waals surface area contributed by atoms with Crippen LogP contribution in [0.25, 0.3) is 10.9 Å². The van der Waals surface area contributed by atoms with Gasteiger partial charge in [0.05, 0.1) is 16.1 Å². The number of aromatic nitrogens is 1. The number of fused-ring (bicyclic) bond motifs is 1. The number of nitrogens with zero attached hydrogens (tertiary/aromatic N) is 2. The molecule has 2 aromatic carbocycles. The van der Waals surface area contributed by atoms with Crippen LogP contribution in [-0.4, -0.2) is 37.1 Å². The maximum atomic E-state index is 12.9. The number of anilines is 2. The fourth-order valence-electron chi connectivity index (χ4n) is 2.62. The van der Waals surface area contributed by atoms with Crippen LogP contribution in [-0.2, 0) is 6.18 Å². The molecule has 0 saturated carbocycles. The van der Waals surface area contributed by atoms with Crippen LogP contribution in [0.1, 0.15) is 5.56 Å². The summed E-state index contributed by atoms with van der Waals surface area (Å²) in [6.07, 6.45) is -2.94. The number of hydrogen-bond donors (Lipinski definition) is 1. The lowest BCUT2D eigenvalue weighted by Gasteiger charge is -2.15. The van der Waals surface area contributed by atoms with Crippen molar-refractivity contribution in [2.24, 2.45) is 0 Å². The molecule has 1 heterocycles. The first-order valence-electron chi connectivity index (χ1n) is 8.54. The van der Waals surface area contributed by atoms with Crippen LogP contribution >= 0.6 is 11.6 Å². The second kappa shape index (κ2) is 8.24. The maximum Gasteiger partial charge on any atom is 0.416 e. The Labute approximate surface area is 165 Å². The molecule has 1 N–H and O–H groups in total. The van der Waals surface area contributed by atoms with E-state index in [0.717, 1.165) is 18.7 Å². The minimum atomic E-state index is -4.41. The van der Waals surface area contributed by atoms with Gasteiger partial charge in [-0.3, -0.25) is 4.98 Å². The third kappa shape index (κ3) is 4.85. The van der Waals surface area contributed by atoms with E-state index in [9.17, 15) is 13.2 Å². The lowest BCUT2D eigenvalue weighted by Crippen LogP contribution is -2.19. The summed E-state index contributed by atoms with van der Waals surface area (Å²) in [5, 5.41) is 4.27. The Balaban J connectivity index is 1.86. The molecule has 3 aromatic rings. The Bertz CT molecular complexity index is 977. The van der Waals surface area contributed by atoms with Crippen molar-refractivity contribution in [1.29, 1.82) is 0 Å². The van der Waals surface area contributed by atoms with Crippen molar-refractivity contribution in [2.75, 3.05) is 32.6 Å². The Morgan fingerprint density at radius 3 is 2.61 bits per heavy atom. The van der Waals surface area contributed by atoms with E-state index >= 15 is 0 Å². The van der Waals surface area contributed by atoms with Gasteiger partial charge in [0.1, 0.15) is 12.4 Å². The van der Waals surface area contributed by atoms with Gasteiger partial charge in [-0.05, 0) is 44.4 Å². The molecular formula is C20H19ClF3N3O. The van der Waals surface area contributed by atoms with E-state index in [0.29, 0.717) is 34.1 Å². The van der Waals surface area contributed by atoms with Gasteiger partial charge >= 0.3 is 6.18 Å². The summed E-state index contributed by atoms with van der Waals surface area (Å²) in [7, 11) is 3.89. The van der Waals surface area contributed by atoms with Crippen LogP contribution in [0.2, 0.25) is 5.02 Å². The first kappa shape index (κ1) is 20.2. The molecule has 8 heteroatoms. The summed E-state index contributed by atoms with van der Waals surface area (Å²) < 4.78 is 44.5. The van der Waals surface area contributed by atoms with Gasteiger partial charge in [0.25, 0.3) is 0 Å². The highest BCUT2D eigenvalue weighted by Gasteiger charge is 2.30. The second-order valence-corrected chi connectivity index (χ2v) is 6.92. The highest BCUT2D eigenvalue weighted by molar-refractivity contribution is 6.32. The van der Waals surface area contributed by atoms with E-state index in [1.165, 1.54) is 12.3 Å². The first-order valence-corrected chi connectivity index (χ1v) is 8.92. The van der Waals surface area contributed by atoms with E-state index in [4.69, 9.17) is 16.3 Å². The van der Waals surface area contributed by atoms with Crippen molar-refractivity contribution >= 4 is 33.9 Å². The van der Waals surface area contributed by atoms with Crippen molar-refractivity contribution in [3.8, 4) is 5.75 Å². The van der Waals surface area contributed by atoms with Crippen molar-refractivity contribution in [2.45, 2.75) is 6.18 Å². The van der Waals surface area contributed by atoms with Crippen LogP contribution in [0.15, 0.2) is 48.7 Å². The minimum absolute atomic E-state index is 0.260. The zero-order chi connectivity index (χ0) is 20.3. The number of rotatable bonds is 6. The van der Waals surface area contributed by atoms with Gasteiger partial charge in [-0.15, -0.1) is 0 Å². The summed E-state index contributed by atoms with van der Waals surface area (Å²) in [6.45, 7) is 1.22. The number of likely N-dealkylation sites (N-methyl/N-ethyl adjacent to an activating group) is 1. The van der Waals surface area contributed by atoms with Crippen LogP contribution in [0.3, 0.4) is 0 Å². The molecule has 0 fully saturated rings. The molecule has 0 saturated heterocycles. The fraction of sp³-hybridized carbons (Fsp3) is 0.250. The summed E-state index contributed by atoms with van der Waals surface area (Å²) in [5.74, 6) is 0.534. The van der Waals surface area contributed by atoms with Gasteiger partial charge in [0.2, 0.25) is 0 Å². The maximum absolute atomic E-state index is 12.9. The third-order valence-corrected chi connectivity index (χ3v) is 4.39. The average Bonchev–Trinajstić information content (AvgIpc) is 2.63. The molecule has 1 aromatic heterocycles. The fourth-order valence-corrected chi connectivity index (χ4v) is 2.79. The van der Waals surface area contributed by atoms with Crippen molar-refractivity contribution in [3.63, 3.8) is 0 Å². The SMILES string of the molecule is CN(C)CCOc1cc(Nc2ccnc3cc(C(F)(F)F)ccc23)ccc1Cl. The molecule has 0 unspecified atom stereocenters.